The lowest BCUT2D eigenvalue weighted by Crippen LogP contribution is -2.30. The Hall–Kier alpha value is -1.94. The van der Waals surface area contributed by atoms with Gasteiger partial charge in [-0.15, -0.1) is 0 Å². The van der Waals surface area contributed by atoms with Crippen molar-refractivity contribution in [3.8, 4) is 0 Å². The molecule has 0 spiro atoms. The number of carbonyl (C=O) groups is 4. The fourth-order valence-electron chi connectivity index (χ4n) is 11.6. The summed E-state index contributed by atoms with van der Waals surface area (Å²) in [4.78, 5) is 72.7. The molecule has 3 N–H and O–H groups in total. The standard InChI is InChI=1S/C76H148O17P2/c1-7-10-12-14-16-18-20-21-22-23-24-25-29-32-36-39-46-52-58-73(78)86-64-71(92-76(81)61-55-49-41-37-33-30-27-26-28-31-34-38-45-51-57-69(6)9-3)66-90-94(82,83)88-62-70(77)63-89-95(84,85)91-67-72(65-87-74(79)59-53-47-43-42-44-50-56-68(4)5)93-75(80)60-54-48-40-35-19-17-15-13-11-8-2/h68-72,77H,7-67H2,1-6H3,(H,82,83)(H,84,85)/t69?,70-,71-,72-/m1/s1. The van der Waals surface area contributed by atoms with E-state index in [9.17, 15) is 43.2 Å². The Bertz CT molecular complexity index is 1840. The van der Waals surface area contributed by atoms with Gasteiger partial charge in [-0.2, -0.15) is 0 Å². The van der Waals surface area contributed by atoms with Crippen molar-refractivity contribution in [1.29, 1.82) is 0 Å². The van der Waals surface area contributed by atoms with Crippen molar-refractivity contribution in [2.24, 2.45) is 11.8 Å². The molecule has 0 saturated carbocycles. The van der Waals surface area contributed by atoms with Crippen LogP contribution in [0.5, 0.6) is 0 Å². The molecule has 0 aliphatic carbocycles. The number of hydrogen-bond acceptors (Lipinski definition) is 15. The number of phosphoric ester groups is 2. The van der Waals surface area contributed by atoms with Crippen LogP contribution in [0.25, 0.3) is 0 Å². The first-order valence-electron chi connectivity index (χ1n) is 39.5. The third-order valence-electron chi connectivity index (χ3n) is 18.1. The number of carbonyl (C=O) groups excluding carboxylic acids is 4. The first-order chi connectivity index (χ1) is 45.9. The quantitative estimate of drug-likeness (QED) is 0.0222. The van der Waals surface area contributed by atoms with E-state index in [-0.39, 0.29) is 25.7 Å². The molecule has 0 radical (unpaired) electrons. The summed E-state index contributed by atoms with van der Waals surface area (Å²) in [6.07, 6.45) is 55.6. The van der Waals surface area contributed by atoms with E-state index in [1.807, 2.05) is 0 Å². The molecular formula is C76H148O17P2. The van der Waals surface area contributed by atoms with E-state index in [1.54, 1.807) is 0 Å². The first-order valence-corrected chi connectivity index (χ1v) is 42.5. The van der Waals surface area contributed by atoms with E-state index in [1.165, 1.54) is 205 Å². The summed E-state index contributed by atoms with van der Waals surface area (Å²) in [5.41, 5.74) is 0. The Labute approximate surface area is 581 Å². The van der Waals surface area contributed by atoms with Gasteiger partial charge in [0, 0.05) is 25.7 Å². The maximum absolute atomic E-state index is 13.1. The van der Waals surface area contributed by atoms with Gasteiger partial charge in [-0.1, -0.05) is 343 Å². The normalized spacial score (nSPS) is 14.3. The summed E-state index contributed by atoms with van der Waals surface area (Å²) in [6.45, 7) is 9.56. The number of aliphatic hydroxyl groups excluding tert-OH is 1. The zero-order valence-corrected chi connectivity index (χ0v) is 63.8. The largest absolute Gasteiger partial charge is 0.472 e. The molecule has 0 aromatic heterocycles. The maximum atomic E-state index is 13.1. The number of rotatable bonds is 75. The fraction of sp³-hybridized carbons (Fsp3) is 0.947. The second-order valence-corrected chi connectivity index (χ2v) is 31.0. The number of ether oxygens (including phenoxy) is 4. The average molecular weight is 1400 g/mol. The number of unbranched alkanes of at least 4 members (excludes halogenated alkanes) is 44. The smallest absolute Gasteiger partial charge is 0.462 e. The minimum absolute atomic E-state index is 0.105. The number of hydrogen-bond donors (Lipinski definition) is 3. The molecule has 95 heavy (non-hydrogen) atoms. The minimum atomic E-state index is -4.96. The van der Waals surface area contributed by atoms with Crippen molar-refractivity contribution < 1.29 is 80.2 Å². The van der Waals surface area contributed by atoms with Gasteiger partial charge in [0.1, 0.15) is 19.3 Å². The van der Waals surface area contributed by atoms with Crippen LogP contribution in [0.1, 0.15) is 395 Å². The van der Waals surface area contributed by atoms with Crippen LogP contribution in [0.2, 0.25) is 0 Å². The second kappa shape index (κ2) is 67.9. The molecule has 19 heteroatoms. The van der Waals surface area contributed by atoms with E-state index in [2.05, 4.69) is 41.5 Å². The third-order valence-corrected chi connectivity index (χ3v) is 20.0. The first kappa shape index (κ1) is 93.1. The van der Waals surface area contributed by atoms with Crippen LogP contribution >= 0.6 is 15.6 Å². The van der Waals surface area contributed by atoms with Gasteiger partial charge in [0.15, 0.2) is 12.2 Å². The lowest BCUT2D eigenvalue weighted by Gasteiger charge is -2.21. The molecule has 0 bridgehead atoms. The number of esters is 4. The highest BCUT2D eigenvalue weighted by Gasteiger charge is 2.30. The van der Waals surface area contributed by atoms with Crippen LogP contribution in [0.3, 0.4) is 0 Å². The fourth-order valence-corrected chi connectivity index (χ4v) is 13.2. The molecule has 0 aromatic rings. The Morgan fingerprint density at radius 2 is 0.537 bits per heavy atom. The van der Waals surface area contributed by atoms with E-state index in [0.29, 0.717) is 31.6 Å². The molecule has 6 atom stereocenters. The van der Waals surface area contributed by atoms with Gasteiger partial charge in [0.25, 0.3) is 0 Å². The van der Waals surface area contributed by atoms with Gasteiger partial charge in [-0.05, 0) is 37.5 Å². The molecule has 3 unspecified atom stereocenters. The van der Waals surface area contributed by atoms with Crippen molar-refractivity contribution >= 4 is 39.5 Å². The maximum Gasteiger partial charge on any atom is 0.472 e. The van der Waals surface area contributed by atoms with Crippen molar-refractivity contribution in [2.45, 2.75) is 413 Å². The number of aliphatic hydroxyl groups is 1. The highest BCUT2D eigenvalue weighted by atomic mass is 31.2. The number of phosphoric acid groups is 2. The van der Waals surface area contributed by atoms with E-state index < -0.39 is 97.5 Å². The molecule has 17 nitrogen and oxygen atoms in total. The van der Waals surface area contributed by atoms with Gasteiger partial charge in [-0.25, -0.2) is 9.13 Å². The molecule has 0 saturated heterocycles. The van der Waals surface area contributed by atoms with Gasteiger partial charge >= 0.3 is 39.5 Å². The molecular weight excluding hydrogens is 1250 g/mol. The zero-order chi connectivity index (χ0) is 70.0. The molecule has 0 heterocycles. The predicted octanol–water partition coefficient (Wildman–Crippen LogP) is 22.3. The second-order valence-electron chi connectivity index (χ2n) is 28.1. The highest BCUT2D eigenvalue weighted by molar-refractivity contribution is 7.47. The van der Waals surface area contributed by atoms with Crippen molar-refractivity contribution in [2.75, 3.05) is 39.6 Å². The molecule has 0 aromatic carbocycles. The van der Waals surface area contributed by atoms with Crippen LogP contribution < -0.4 is 0 Å². The summed E-state index contributed by atoms with van der Waals surface area (Å²) >= 11 is 0. The Morgan fingerprint density at radius 3 is 0.800 bits per heavy atom. The summed E-state index contributed by atoms with van der Waals surface area (Å²) in [5.74, 6) is -0.592. The Morgan fingerprint density at radius 1 is 0.305 bits per heavy atom. The summed E-state index contributed by atoms with van der Waals surface area (Å²) < 4.78 is 68.4. The molecule has 0 amide bonds. The summed E-state index contributed by atoms with van der Waals surface area (Å²) in [7, 11) is -9.91. The molecule has 564 valence electrons. The minimum Gasteiger partial charge on any atom is -0.462 e. The highest BCUT2D eigenvalue weighted by Crippen LogP contribution is 2.45. The molecule has 0 rings (SSSR count). The Kier molecular flexibility index (Phi) is 66.5. The van der Waals surface area contributed by atoms with Crippen LogP contribution in [0.4, 0.5) is 0 Å². The van der Waals surface area contributed by atoms with Gasteiger partial charge < -0.3 is 33.8 Å². The summed E-state index contributed by atoms with van der Waals surface area (Å²) in [5, 5.41) is 10.6. The van der Waals surface area contributed by atoms with Crippen molar-refractivity contribution in [3.05, 3.63) is 0 Å². The lowest BCUT2D eigenvalue weighted by molar-refractivity contribution is -0.161. The van der Waals surface area contributed by atoms with E-state index in [4.69, 9.17) is 37.0 Å². The summed E-state index contributed by atoms with van der Waals surface area (Å²) in [6, 6.07) is 0. The SMILES string of the molecule is CCCCCCCCCCCCCCCCCCCCC(=O)OC[C@H](COP(=O)(O)OC[C@@H](O)COP(=O)(O)OC[C@@H](COC(=O)CCCCCCCCC(C)C)OC(=O)CCCCCCCCCCCC)OC(=O)CCCCCCCCCCCCCCCCC(C)CC. The van der Waals surface area contributed by atoms with Crippen LogP contribution in [-0.2, 0) is 65.4 Å². The van der Waals surface area contributed by atoms with E-state index >= 15 is 0 Å². The predicted molar refractivity (Wildman–Crippen MR) is 386 cm³/mol. The third kappa shape index (κ3) is 69.0. The van der Waals surface area contributed by atoms with Crippen molar-refractivity contribution in [1.82, 2.24) is 0 Å². The van der Waals surface area contributed by atoms with Gasteiger partial charge in [0.05, 0.1) is 26.4 Å². The zero-order valence-electron chi connectivity index (χ0n) is 62.0. The lowest BCUT2D eigenvalue weighted by atomic mass is 9.99. The van der Waals surface area contributed by atoms with Gasteiger partial charge in [0.2, 0.25) is 0 Å². The van der Waals surface area contributed by atoms with Crippen LogP contribution in [0, 0.1) is 11.8 Å². The molecule has 0 fully saturated rings. The van der Waals surface area contributed by atoms with E-state index in [0.717, 1.165) is 102 Å². The average Bonchev–Trinajstić information content (AvgIpc) is 2.06. The molecule has 0 aliphatic rings. The monoisotopic (exact) mass is 1400 g/mol. The topological polar surface area (TPSA) is 237 Å². The Balaban J connectivity index is 5.20. The molecule has 0 aliphatic heterocycles. The van der Waals surface area contributed by atoms with Crippen LogP contribution in [-0.4, -0.2) is 96.7 Å². The van der Waals surface area contributed by atoms with Gasteiger partial charge in [-0.3, -0.25) is 37.3 Å². The van der Waals surface area contributed by atoms with Crippen LogP contribution in [0.15, 0.2) is 0 Å². The van der Waals surface area contributed by atoms with Crippen molar-refractivity contribution in [3.63, 3.8) is 0 Å².